The number of nitrogens with zero attached hydrogens (tertiary/aromatic N) is 1. The van der Waals surface area contributed by atoms with Crippen LogP contribution in [-0.4, -0.2) is 25.3 Å². The molecular weight excluding hydrogens is 267 g/mol. The molecule has 6 heteroatoms. The van der Waals surface area contributed by atoms with Crippen molar-refractivity contribution < 1.29 is 12.8 Å². The lowest BCUT2D eigenvalue weighted by Crippen LogP contribution is -2.44. The quantitative estimate of drug-likeness (QED) is 0.848. The van der Waals surface area contributed by atoms with Crippen LogP contribution < -0.4 is 5.73 Å². The van der Waals surface area contributed by atoms with Crippen LogP contribution in [0.1, 0.15) is 26.7 Å². The number of benzene rings is 1. The zero-order chi connectivity index (χ0) is 14.2. The standard InChI is InChI=1S/C13H19FN2O2S/c1-9-5-6-16(10(2)7-9)19(17,18)13-8-11(14)3-4-12(13)15/h3-4,8-10H,5-7,15H2,1-2H3. The van der Waals surface area contributed by atoms with E-state index in [9.17, 15) is 12.8 Å². The van der Waals surface area contributed by atoms with Gasteiger partial charge in [0.15, 0.2) is 0 Å². The van der Waals surface area contributed by atoms with Crippen LogP contribution in [0.4, 0.5) is 10.1 Å². The number of sulfonamides is 1. The third kappa shape index (κ3) is 2.74. The molecule has 2 unspecified atom stereocenters. The molecule has 1 aromatic carbocycles. The van der Waals surface area contributed by atoms with Gasteiger partial charge in [-0.15, -0.1) is 0 Å². The van der Waals surface area contributed by atoms with Gasteiger partial charge < -0.3 is 5.73 Å². The molecule has 106 valence electrons. The minimum atomic E-state index is -3.72. The van der Waals surface area contributed by atoms with Crippen molar-refractivity contribution in [1.82, 2.24) is 4.31 Å². The summed E-state index contributed by atoms with van der Waals surface area (Å²) in [6, 6.07) is 3.36. The van der Waals surface area contributed by atoms with E-state index in [0.29, 0.717) is 12.5 Å². The molecule has 2 rings (SSSR count). The third-order valence-electron chi connectivity index (χ3n) is 3.64. The summed E-state index contributed by atoms with van der Waals surface area (Å²) < 4.78 is 39.8. The predicted octanol–water partition coefficient (Wildman–Crippen LogP) is 2.22. The van der Waals surface area contributed by atoms with Gasteiger partial charge in [0.2, 0.25) is 10.0 Å². The zero-order valence-electron chi connectivity index (χ0n) is 11.1. The average Bonchev–Trinajstić information content (AvgIpc) is 2.31. The fourth-order valence-corrected chi connectivity index (χ4v) is 4.39. The molecular formula is C13H19FN2O2S. The molecule has 0 aromatic heterocycles. The fraction of sp³-hybridized carbons (Fsp3) is 0.538. The van der Waals surface area contributed by atoms with Crippen molar-refractivity contribution in [2.45, 2.75) is 37.6 Å². The SMILES string of the molecule is CC1CCN(S(=O)(=O)c2cc(F)ccc2N)C(C)C1. The molecule has 0 bridgehead atoms. The van der Waals surface area contributed by atoms with E-state index >= 15 is 0 Å². The highest BCUT2D eigenvalue weighted by Gasteiger charge is 2.34. The summed E-state index contributed by atoms with van der Waals surface area (Å²) in [7, 11) is -3.72. The highest BCUT2D eigenvalue weighted by molar-refractivity contribution is 7.89. The van der Waals surface area contributed by atoms with Crippen LogP contribution in [0.3, 0.4) is 0 Å². The molecule has 2 atom stereocenters. The normalized spacial score (nSPS) is 25.4. The lowest BCUT2D eigenvalue weighted by molar-refractivity contribution is 0.220. The summed E-state index contributed by atoms with van der Waals surface area (Å²) in [6.45, 7) is 4.44. The van der Waals surface area contributed by atoms with Crippen LogP contribution in [0.2, 0.25) is 0 Å². The lowest BCUT2D eigenvalue weighted by atomic mass is 9.95. The number of rotatable bonds is 2. The van der Waals surface area contributed by atoms with Crippen molar-refractivity contribution in [3.8, 4) is 0 Å². The molecule has 0 radical (unpaired) electrons. The zero-order valence-corrected chi connectivity index (χ0v) is 12.0. The number of piperidine rings is 1. The Labute approximate surface area is 113 Å². The van der Waals surface area contributed by atoms with E-state index in [4.69, 9.17) is 5.73 Å². The van der Waals surface area contributed by atoms with Crippen molar-refractivity contribution in [3.05, 3.63) is 24.0 Å². The lowest BCUT2D eigenvalue weighted by Gasteiger charge is -2.35. The molecule has 1 saturated heterocycles. The minimum absolute atomic E-state index is 0.0867. The summed E-state index contributed by atoms with van der Waals surface area (Å²) >= 11 is 0. The van der Waals surface area contributed by atoms with Crippen molar-refractivity contribution in [3.63, 3.8) is 0 Å². The summed E-state index contributed by atoms with van der Waals surface area (Å²) in [5, 5.41) is 0. The molecule has 2 N–H and O–H groups in total. The van der Waals surface area contributed by atoms with Gasteiger partial charge in [0.25, 0.3) is 0 Å². The summed E-state index contributed by atoms with van der Waals surface area (Å²) in [5.41, 5.74) is 5.77. The predicted molar refractivity (Wildman–Crippen MR) is 72.6 cm³/mol. The van der Waals surface area contributed by atoms with E-state index < -0.39 is 15.8 Å². The summed E-state index contributed by atoms with van der Waals surface area (Å²) in [6.07, 6.45) is 1.63. The van der Waals surface area contributed by atoms with Crippen LogP contribution in [0, 0.1) is 11.7 Å². The first-order chi connectivity index (χ1) is 8.82. The van der Waals surface area contributed by atoms with Gasteiger partial charge in [-0.25, -0.2) is 12.8 Å². The van der Waals surface area contributed by atoms with Gasteiger partial charge in [-0.2, -0.15) is 4.31 Å². The Morgan fingerprint density at radius 3 is 2.68 bits per heavy atom. The van der Waals surface area contributed by atoms with Gasteiger partial charge >= 0.3 is 0 Å². The number of nitrogen functional groups attached to an aromatic ring is 1. The monoisotopic (exact) mass is 286 g/mol. The van der Waals surface area contributed by atoms with E-state index in [2.05, 4.69) is 6.92 Å². The molecule has 1 aliphatic rings. The molecule has 1 heterocycles. The largest absolute Gasteiger partial charge is 0.398 e. The summed E-state index contributed by atoms with van der Waals surface area (Å²) in [5.74, 6) is -0.0860. The Balaban J connectivity index is 2.39. The molecule has 0 spiro atoms. The number of hydrogen-bond acceptors (Lipinski definition) is 3. The minimum Gasteiger partial charge on any atom is -0.398 e. The first kappa shape index (κ1) is 14.3. The van der Waals surface area contributed by atoms with Crippen LogP contribution in [0.25, 0.3) is 0 Å². The van der Waals surface area contributed by atoms with Gasteiger partial charge in [0.05, 0.1) is 5.69 Å². The van der Waals surface area contributed by atoms with E-state index in [1.54, 1.807) is 0 Å². The number of anilines is 1. The maximum absolute atomic E-state index is 13.3. The molecule has 0 aliphatic carbocycles. The Morgan fingerprint density at radius 1 is 1.37 bits per heavy atom. The van der Waals surface area contributed by atoms with E-state index in [0.717, 1.165) is 25.0 Å². The second-order valence-corrected chi connectivity index (χ2v) is 7.14. The maximum atomic E-state index is 13.3. The van der Waals surface area contributed by atoms with Crippen LogP contribution >= 0.6 is 0 Å². The van der Waals surface area contributed by atoms with Gasteiger partial charge in [-0.3, -0.25) is 0 Å². The number of hydrogen-bond donors (Lipinski definition) is 1. The molecule has 0 amide bonds. The number of halogens is 1. The Morgan fingerprint density at radius 2 is 2.05 bits per heavy atom. The average molecular weight is 286 g/mol. The number of nitrogens with two attached hydrogens (primary N) is 1. The van der Waals surface area contributed by atoms with Gasteiger partial charge in [0.1, 0.15) is 10.7 Å². The van der Waals surface area contributed by atoms with Crippen molar-refractivity contribution in [2.24, 2.45) is 5.92 Å². The van der Waals surface area contributed by atoms with Gasteiger partial charge in [0, 0.05) is 12.6 Å². The van der Waals surface area contributed by atoms with Gasteiger partial charge in [-0.05, 0) is 43.9 Å². The van der Waals surface area contributed by atoms with Crippen molar-refractivity contribution in [2.75, 3.05) is 12.3 Å². The first-order valence-electron chi connectivity index (χ1n) is 6.39. The Hall–Kier alpha value is -1.14. The molecule has 19 heavy (non-hydrogen) atoms. The van der Waals surface area contributed by atoms with Crippen LogP contribution in [0.5, 0.6) is 0 Å². The Kier molecular flexibility index (Phi) is 3.82. The van der Waals surface area contributed by atoms with Crippen molar-refractivity contribution >= 4 is 15.7 Å². The van der Waals surface area contributed by atoms with E-state index in [1.807, 2.05) is 6.92 Å². The fourth-order valence-electron chi connectivity index (χ4n) is 2.60. The molecule has 1 aromatic rings. The maximum Gasteiger partial charge on any atom is 0.245 e. The highest BCUT2D eigenvalue weighted by atomic mass is 32.2. The Bertz CT molecular complexity index is 574. The second kappa shape index (κ2) is 5.09. The molecule has 1 aliphatic heterocycles. The smallest absolute Gasteiger partial charge is 0.245 e. The topological polar surface area (TPSA) is 63.4 Å². The molecule has 1 fully saturated rings. The second-order valence-electron chi connectivity index (χ2n) is 5.28. The van der Waals surface area contributed by atoms with E-state index in [1.165, 1.54) is 10.4 Å². The van der Waals surface area contributed by atoms with Crippen LogP contribution in [0.15, 0.2) is 23.1 Å². The first-order valence-corrected chi connectivity index (χ1v) is 7.83. The van der Waals surface area contributed by atoms with Gasteiger partial charge in [-0.1, -0.05) is 6.92 Å². The third-order valence-corrected chi connectivity index (χ3v) is 5.71. The highest BCUT2D eigenvalue weighted by Crippen LogP contribution is 2.30. The molecule has 0 saturated carbocycles. The van der Waals surface area contributed by atoms with Crippen LogP contribution in [-0.2, 0) is 10.0 Å². The molecule has 4 nitrogen and oxygen atoms in total. The summed E-state index contributed by atoms with van der Waals surface area (Å²) in [4.78, 5) is -0.131. The van der Waals surface area contributed by atoms with E-state index in [-0.39, 0.29) is 16.6 Å². The van der Waals surface area contributed by atoms with Crippen molar-refractivity contribution in [1.29, 1.82) is 0 Å².